The third-order valence-electron chi connectivity index (χ3n) is 2.87. The Balaban J connectivity index is 1.94. The van der Waals surface area contributed by atoms with Crippen LogP contribution in [0.3, 0.4) is 0 Å². The van der Waals surface area contributed by atoms with E-state index in [9.17, 15) is 0 Å². The molecule has 98 valence electrons. The molecule has 0 N–H and O–H groups in total. The molecule has 0 saturated carbocycles. The zero-order valence-corrected chi connectivity index (χ0v) is 11.9. The average Bonchev–Trinajstić information content (AvgIpc) is 2.93. The van der Waals surface area contributed by atoms with E-state index in [0.717, 1.165) is 27.5 Å². The molecule has 0 saturated heterocycles. The lowest BCUT2D eigenvalue weighted by molar-refractivity contribution is 0.390. The van der Waals surface area contributed by atoms with Gasteiger partial charge < -0.3 is 9.42 Å². The largest absolute Gasteiger partial charge is 0.361 e. The van der Waals surface area contributed by atoms with Gasteiger partial charge in [-0.15, -0.1) is 11.3 Å². The zero-order valence-electron chi connectivity index (χ0n) is 11.0. The number of hydrogen-bond acceptors (Lipinski definition) is 6. The summed E-state index contributed by atoms with van der Waals surface area (Å²) in [4.78, 5) is 13.0. The topological polar surface area (TPSA) is 55.1 Å². The van der Waals surface area contributed by atoms with Gasteiger partial charge in [0.25, 0.3) is 0 Å². The van der Waals surface area contributed by atoms with Crippen molar-refractivity contribution in [2.24, 2.45) is 0 Å². The lowest BCUT2D eigenvalue weighted by Gasteiger charge is -2.16. The first-order chi connectivity index (χ1) is 9.13. The van der Waals surface area contributed by atoms with Gasteiger partial charge in [0.05, 0.1) is 11.9 Å². The second-order valence-electron chi connectivity index (χ2n) is 4.56. The van der Waals surface area contributed by atoms with Crippen molar-refractivity contribution in [3.8, 4) is 0 Å². The Labute approximate surface area is 114 Å². The third-order valence-corrected chi connectivity index (χ3v) is 3.83. The van der Waals surface area contributed by atoms with Crippen molar-refractivity contribution in [1.82, 2.24) is 15.1 Å². The first-order valence-electron chi connectivity index (χ1n) is 5.98. The lowest BCUT2D eigenvalue weighted by Crippen LogP contribution is -2.18. The normalized spacial score (nSPS) is 11.1. The molecule has 0 fully saturated rings. The molecule has 0 aliphatic heterocycles. The van der Waals surface area contributed by atoms with Gasteiger partial charge in [-0.1, -0.05) is 5.16 Å². The van der Waals surface area contributed by atoms with Crippen molar-refractivity contribution < 1.29 is 4.52 Å². The predicted octanol–water partition coefficient (Wildman–Crippen LogP) is 2.93. The Morgan fingerprint density at radius 2 is 2.11 bits per heavy atom. The Morgan fingerprint density at radius 3 is 2.84 bits per heavy atom. The summed E-state index contributed by atoms with van der Waals surface area (Å²) in [6, 6.07) is 4.06. The van der Waals surface area contributed by atoms with Crippen LogP contribution in [0.4, 0.5) is 5.82 Å². The van der Waals surface area contributed by atoms with Crippen molar-refractivity contribution in [2.75, 3.05) is 11.9 Å². The fourth-order valence-corrected chi connectivity index (χ4v) is 2.92. The predicted molar refractivity (Wildman–Crippen MR) is 75.5 cm³/mol. The molecule has 19 heavy (non-hydrogen) atoms. The molecule has 5 nitrogen and oxygen atoms in total. The highest BCUT2D eigenvalue weighted by Gasteiger charge is 2.12. The van der Waals surface area contributed by atoms with Crippen LogP contribution in [0.2, 0.25) is 0 Å². The molecule has 0 radical (unpaired) electrons. The maximum absolute atomic E-state index is 5.09. The number of fused-ring (bicyclic) bond motifs is 1. The highest BCUT2D eigenvalue weighted by atomic mass is 32.1. The van der Waals surface area contributed by atoms with Crippen molar-refractivity contribution in [1.29, 1.82) is 0 Å². The first-order valence-corrected chi connectivity index (χ1v) is 6.79. The fraction of sp³-hybridized carbons (Fsp3) is 0.308. The third kappa shape index (κ3) is 2.31. The molecule has 0 bridgehead atoms. The van der Waals surface area contributed by atoms with Crippen molar-refractivity contribution in [2.45, 2.75) is 20.4 Å². The van der Waals surface area contributed by atoms with Crippen molar-refractivity contribution >= 4 is 27.4 Å². The average molecular weight is 274 g/mol. The number of rotatable bonds is 3. The summed E-state index contributed by atoms with van der Waals surface area (Å²) in [7, 11) is 2.00. The van der Waals surface area contributed by atoms with E-state index in [0.29, 0.717) is 6.54 Å². The van der Waals surface area contributed by atoms with Crippen LogP contribution in [0.1, 0.15) is 16.3 Å². The minimum Gasteiger partial charge on any atom is -0.361 e. The molecular weight excluding hydrogens is 260 g/mol. The zero-order chi connectivity index (χ0) is 13.4. The SMILES string of the molecule is Cc1cc(CN(C)c2ncnc3sc(C)cc23)no1. The van der Waals surface area contributed by atoms with Gasteiger partial charge in [0.15, 0.2) is 0 Å². The van der Waals surface area contributed by atoms with Crippen molar-refractivity contribution in [3.63, 3.8) is 0 Å². The lowest BCUT2D eigenvalue weighted by atomic mass is 10.3. The van der Waals surface area contributed by atoms with Gasteiger partial charge in [-0.3, -0.25) is 0 Å². The van der Waals surface area contributed by atoms with Gasteiger partial charge in [-0.25, -0.2) is 9.97 Å². The van der Waals surface area contributed by atoms with E-state index in [1.807, 2.05) is 20.0 Å². The Bertz CT molecular complexity index is 718. The van der Waals surface area contributed by atoms with E-state index in [-0.39, 0.29) is 0 Å². The molecule has 0 spiro atoms. The minimum absolute atomic E-state index is 0.665. The molecule has 6 heteroatoms. The van der Waals surface area contributed by atoms with Crippen LogP contribution >= 0.6 is 11.3 Å². The Hall–Kier alpha value is -1.95. The molecule has 0 aliphatic carbocycles. The summed E-state index contributed by atoms with van der Waals surface area (Å²) in [6.07, 6.45) is 1.61. The van der Waals surface area contributed by atoms with E-state index in [1.54, 1.807) is 17.7 Å². The van der Waals surface area contributed by atoms with E-state index < -0.39 is 0 Å². The van der Waals surface area contributed by atoms with Gasteiger partial charge in [-0.05, 0) is 19.9 Å². The first kappa shape index (κ1) is 12.1. The molecule has 3 heterocycles. The molecule has 0 aromatic carbocycles. The number of aryl methyl sites for hydroxylation is 2. The number of anilines is 1. The summed E-state index contributed by atoms with van der Waals surface area (Å²) < 4.78 is 5.09. The second-order valence-corrected chi connectivity index (χ2v) is 5.79. The number of nitrogens with zero attached hydrogens (tertiary/aromatic N) is 4. The standard InChI is InChI=1S/C13H14N4OS/c1-8-4-10(16-18-8)6-17(3)12-11-5-9(2)19-13(11)15-7-14-12/h4-5,7H,6H2,1-3H3. The Kier molecular flexibility index (Phi) is 2.94. The smallest absolute Gasteiger partial charge is 0.140 e. The van der Waals surface area contributed by atoms with Crippen LogP contribution in [0.25, 0.3) is 10.2 Å². The summed E-state index contributed by atoms with van der Waals surface area (Å²) in [5, 5.41) is 5.10. The molecule has 0 amide bonds. The van der Waals surface area contributed by atoms with Crippen LogP contribution in [-0.4, -0.2) is 22.2 Å². The molecule has 0 aliphatic rings. The summed E-state index contributed by atoms with van der Waals surface area (Å²) in [6.45, 7) is 4.64. The number of aromatic nitrogens is 3. The molecule has 0 atom stereocenters. The number of hydrogen-bond donors (Lipinski definition) is 0. The summed E-state index contributed by atoms with van der Waals surface area (Å²) >= 11 is 1.68. The van der Waals surface area contributed by atoms with Gasteiger partial charge in [0.1, 0.15) is 28.4 Å². The highest BCUT2D eigenvalue weighted by molar-refractivity contribution is 7.18. The molecule has 3 aromatic rings. The van der Waals surface area contributed by atoms with Gasteiger partial charge in [0.2, 0.25) is 0 Å². The van der Waals surface area contributed by atoms with Crippen LogP contribution < -0.4 is 4.90 Å². The second kappa shape index (κ2) is 4.62. The quantitative estimate of drug-likeness (QED) is 0.735. The van der Waals surface area contributed by atoms with Crippen LogP contribution in [0, 0.1) is 13.8 Å². The van der Waals surface area contributed by atoms with Gasteiger partial charge >= 0.3 is 0 Å². The summed E-state index contributed by atoms with van der Waals surface area (Å²) in [5.41, 5.74) is 0.902. The van der Waals surface area contributed by atoms with Gasteiger partial charge in [0, 0.05) is 18.0 Å². The van der Waals surface area contributed by atoms with E-state index >= 15 is 0 Å². The maximum atomic E-state index is 5.09. The molecular formula is C13H14N4OS. The van der Waals surface area contributed by atoms with Crippen LogP contribution in [-0.2, 0) is 6.54 Å². The molecule has 3 rings (SSSR count). The van der Waals surface area contributed by atoms with Crippen molar-refractivity contribution in [3.05, 3.63) is 34.8 Å². The highest BCUT2D eigenvalue weighted by Crippen LogP contribution is 2.29. The summed E-state index contributed by atoms with van der Waals surface area (Å²) in [5.74, 6) is 1.75. The van der Waals surface area contributed by atoms with Gasteiger partial charge in [-0.2, -0.15) is 0 Å². The molecule has 3 aromatic heterocycles. The molecule has 0 unspecified atom stereocenters. The van der Waals surface area contributed by atoms with Crippen LogP contribution in [0.15, 0.2) is 23.0 Å². The fourth-order valence-electron chi connectivity index (χ4n) is 2.08. The van der Waals surface area contributed by atoms with Crippen LogP contribution in [0.5, 0.6) is 0 Å². The van der Waals surface area contributed by atoms with E-state index in [1.165, 1.54) is 4.88 Å². The monoisotopic (exact) mass is 274 g/mol. The maximum Gasteiger partial charge on any atom is 0.140 e. The number of thiophene rings is 1. The van der Waals surface area contributed by atoms with E-state index in [2.05, 4.69) is 33.0 Å². The Morgan fingerprint density at radius 1 is 1.26 bits per heavy atom. The minimum atomic E-state index is 0.665. The van der Waals surface area contributed by atoms with E-state index in [4.69, 9.17) is 4.52 Å².